The molecule has 41 heavy (non-hydrogen) atoms. The van der Waals surface area contributed by atoms with Gasteiger partial charge < -0.3 is 20.1 Å². The van der Waals surface area contributed by atoms with E-state index in [1.165, 1.54) is 37.1 Å². The maximum absolute atomic E-state index is 14.0. The molecular formula is C28H31F3N6O4. The molecule has 218 valence electrons. The molecule has 1 amide bonds. The average Bonchev–Trinajstić information content (AvgIpc) is 3.51. The number of para-hydroxylation sites is 1. The fourth-order valence-electron chi connectivity index (χ4n) is 5.37. The van der Waals surface area contributed by atoms with E-state index in [-0.39, 0.29) is 39.6 Å². The van der Waals surface area contributed by atoms with E-state index in [2.05, 4.69) is 25.3 Å². The molecule has 1 aromatic carbocycles. The minimum absolute atomic E-state index is 0.0357. The van der Waals surface area contributed by atoms with Crippen LogP contribution in [0.5, 0.6) is 0 Å². The topological polar surface area (TPSA) is 112 Å². The van der Waals surface area contributed by atoms with Gasteiger partial charge in [-0.05, 0) is 50.8 Å². The van der Waals surface area contributed by atoms with Crippen LogP contribution in [-0.4, -0.2) is 45.5 Å². The van der Waals surface area contributed by atoms with Crippen molar-refractivity contribution in [3.63, 3.8) is 0 Å². The first-order chi connectivity index (χ1) is 20.5. The summed E-state index contributed by atoms with van der Waals surface area (Å²) in [6.45, 7) is 0.626. The Morgan fingerprint density at radius 1 is 1.12 bits per heavy atom. The summed E-state index contributed by atoms with van der Waals surface area (Å²) in [7, 11) is 2.69. The lowest BCUT2D eigenvalue weighted by molar-refractivity contribution is -0.136. The highest BCUT2D eigenvalue weighted by atomic mass is 19.4. The molecule has 0 spiro atoms. The summed E-state index contributed by atoms with van der Waals surface area (Å²) in [6.07, 6.45) is -2.71. The zero-order valence-corrected chi connectivity index (χ0v) is 22.8. The molecular weight excluding hydrogens is 541 g/mol. The molecule has 0 aliphatic heterocycles. The molecule has 0 unspecified atom stereocenters. The van der Waals surface area contributed by atoms with Gasteiger partial charge in [-0.3, -0.25) is 9.13 Å². The van der Waals surface area contributed by atoms with E-state index < -0.39 is 42.1 Å². The number of imidazole rings is 1. The van der Waals surface area contributed by atoms with Gasteiger partial charge in [0, 0.05) is 41.7 Å². The van der Waals surface area contributed by atoms with E-state index in [4.69, 9.17) is 8.85 Å². The van der Waals surface area contributed by atoms with E-state index in [9.17, 15) is 22.8 Å². The van der Waals surface area contributed by atoms with Crippen molar-refractivity contribution in [1.29, 1.82) is 0 Å². The number of aryl methyl sites for hydroxylation is 1. The standard InChI is InChI=1S/C28H31F3N6O4/c1-27(2,41-5)19-12-23(35-24-17(19)7-6-8-18(24)28(29,30)31)34-22-13-20-21(14-32-22)36(3)26(39)37(20)16-10-9-15(11-16)33-25(38)40-4/h6-8,12-16H,9-11H2,1-5H3,(H,33,38)(H,32,34,35)/t15-,16-/m1/s1/i3D3. The normalized spacial score (nSPS) is 19.1. The summed E-state index contributed by atoms with van der Waals surface area (Å²) in [6, 6.07) is 6.09. The van der Waals surface area contributed by atoms with Gasteiger partial charge >= 0.3 is 18.0 Å². The third-order valence-corrected chi connectivity index (χ3v) is 7.60. The van der Waals surface area contributed by atoms with Crippen molar-refractivity contribution in [2.45, 2.75) is 57.0 Å². The van der Waals surface area contributed by atoms with Crippen LogP contribution in [0.2, 0.25) is 0 Å². The molecule has 0 radical (unpaired) electrons. The van der Waals surface area contributed by atoms with Crippen molar-refractivity contribution in [2.75, 3.05) is 19.5 Å². The smallest absolute Gasteiger partial charge is 0.418 e. The number of benzene rings is 1. The lowest BCUT2D eigenvalue weighted by Crippen LogP contribution is -2.33. The van der Waals surface area contributed by atoms with Crippen molar-refractivity contribution in [2.24, 2.45) is 6.98 Å². The van der Waals surface area contributed by atoms with Crippen molar-refractivity contribution in [3.05, 3.63) is 58.1 Å². The molecule has 1 fully saturated rings. The number of halogens is 3. The summed E-state index contributed by atoms with van der Waals surface area (Å²) < 4.78 is 78.2. The number of nitrogens with zero attached hydrogens (tertiary/aromatic N) is 4. The van der Waals surface area contributed by atoms with E-state index >= 15 is 0 Å². The van der Waals surface area contributed by atoms with Gasteiger partial charge in [-0.1, -0.05) is 12.1 Å². The van der Waals surface area contributed by atoms with Gasteiger partial charge in [0.15, 0.2) is 0 Å². The third-order valence-electron chi connectivity index (χ3n) is 7.60. The Bertz CT molecular complexity index is 1800. The number of ether oxygens (including phenoxy) is 2. The molecule has 1 saturated carbocycles. The van der Waals surface area contributed by atoms with E-state index in [0.29, 0.717) is 29.4 Å². The number of carbonyl (C=O) groups excluding carboxylic acids is 1. The van der Waals surface area contributed by atoms with Crippen molar-refractivity contribution in [3.8, 4) is 0 Å². The maximum atomic E-state index is 14.0. The number of fused-ring (bicyclic) bond motifs is 2. The number of pyridine rings is 2. The number of anilines is 2. The molecule has 0 bridgehead atoms. The Kier molecular flexibility index (Phi) is 6.23. The number of aromatic nitrogens is 4. The molecule has 4 aromatic rings. The zero-order chi connectivity index (χ0) is 32.2. The second kappa shape index (κ2) is 10.4. The molecule has 2 atom stereocenters. The van der Waals surface area contributed by atoms with Crippen LogP contribution in [0.3, 0.4) is 0 Å². The van der Waals surface area contributed by atoms with E-state index in [1.807, 2.05) is 0 Å². The maximum Gasteiger partial charge on any atom is 0.418 e. The highest BCUT2D eigenvalue weighted by Gasteiger charge is 2.35. The number of hydrogen-bond donors (Lipinski definition) is 2. The van der Waals surface area contributed by atoms with Crippen LogP contribution in [0.4, 0.5) is 29.6 Å². The second-order valence-corrected chi connectivity index (χ2v) is 10.4. The molecule has 5 rings (SSSR count). The predicted octanol–water partition coefficient (Wildman–Crippen LogP) is 5.38. The van der Waals surface area contributed by atoms with Crippen molar-refractivity contribution in [1.82, 2.24) is 24.4 Å². The van der Waals surface area contributed by atoms with Crippen LogP contribution in [0, 0.1) is 0 Å². The number of amides is 1. The number of alkyl carbamates (subject to hydrolysis) is 1. The summed E-state index contributed by atoms with van der Waals surface area (Å²) in [4.78, 5) is 33.8. The fraction of sp³-hybridized carbons (Fsp3) is 0.429. The van der Waals surface area contributed by atoms with Crippen LogP contribution in [0.1, 0.15) is 54.4 Å². The molecule has 3 heterocycles. The molecule has 10 nitrogen and oxygen atoms in total. The number of alkyl halides is 3. The first kappa shape index (κ1) is 24.6. The number of methoxy groups -OCH3 is 2. The van der Waals surface area contributed by atoms with Crippen LogP contribution >= 0.6 is 0 Å². The van der Waals surface area contributed by atoms with E-state index in [0.717, 1.165) is 6.07 Å². The SMILES string of the molecule is [2H]C([2H])([2H])n1c(=O)n([C@@H]2CC[C@@H](NC(=O)OC)C2)c2cc(Nc3cc(C(C)(C)OC)c4cccc(C(F)(F)F)c4n3)ncc21. The quantitative estimate of drug-likeness (QED) is 0.318. The molecule has 3 aromatic heterocycles. The molecule has 0 saturated heterocycles. The highest BCUT2D eigenvalue weighted by Crippen LogP contribution is 2.39. The van der Waals surface area contributed by atoms with Gasteiger partial charge in [0.1, 0.15) is 11.6 Å². The Morgan fingerprint density at radius 2 is 1.90 bits per heavy atom. The summed E-state index contributed by atoms with van der Waals surface area (Å²) in [5.41, 5.74) is -2.22. The summed E-state index contributed by atoms with van der Waals surface area (Å²) in [5.74, 6) is 0.155. The number of rotatable bonds is 6. The second-order valence-electron chi connectivity index (χ2n) is 10.4. The van der Waals surface area contributed by atoms with Gasteiger partial charge in [0.25, 0.3) is 0 Å². The summed E-state index contributed by atoms with van der Waals surface area (Å²) in [5, 5.41) is 5.92. The molecule has 1 aliphatic rings. The molecule has 2 N–H and O–H groups in total. The number of nitrogens with one attached hydrogen (secondary N) is 2. The zero-order valence-electron chi connectivity index (χ0n) is 25.8. The van der Waals surface area contributed by atoms with Crippen LogP contribution in [0.15, 0.2) is 41.3 Å². The average molecular weight is 576 g/mol. The van der Waals surface area contributed by atoms with Crippen molar-refractivity contribution < 1.29 is 31.6 Å². The molecule has 1 aliphatic carbocycles. The van der Waals surface area contributed by atoms with Gasteiger partial charge in [-0.15, -0.1) is 0 Å². The number of carbonyl (C=O) groups is 1. The van der Waals surface area contributed by atoms with Gasteiger partial charge in [-0.2, -0.15) is 13.2 Å². The first-order valence-electron chi connectivity index (χ1n) is 14.4. The van der Waals surface area contributed by atoms with E-state index in [1.54, 1.807) is 26.0 Å². The minimum atomic E-state index is -4.67. The van der Waals surface area contributed by atoms with Gasteiger partial charge in [0.05, 0.1) is 41.0 Å². The Morgan fingerprint density at radius 3 is 2.59 bits per heavy atom. The van der Waals surface area contributed by atoms with Crippen molar-refractivity contribution >= 4 is 39.7 Å². The third kappa shape index (κ3) is 5.21. The van der Waals surface area contributed by atoms with Gasteiger partial charge in [-0.25, -0.2) is 19.6 Å². The largest absolute Gasteiger partial charge is 0.453 e. The fourth-order valence-corrected chi connectivity index (χ4v) is 5.37. The first-order valence-corrected chi connectivity index (χ1v) is 12.9. The van der Waals surface area contributed by atoms with Crippen LogP contribution in [-0.2, 0) is 28.2 Å². The Labute approximate surface area is 237 Å². The Balaban J connectivity index is 1.63. The Hall–Kier alpha value is -4.13. The summed E-state index contributed by atoms with van der Waals surface area (Å²) >= 11 is 0. The molecule has 13 heteroatoms. The van der Waals surface area contributed by atoms with Crippen LogP contribution < -0.4 is 16.3 Å². The lowest BCUT2D eigenvalue weighted by Gasteiger charge is -2.26. The minimum Gasteiger partial charge on any atom is -0.453 e. The van der Waals surface area contributed by atoms with Crippen LogP contribution in [0.25, 0.3) is 21.9 Å². The number of hydrogen-bond acceptors (Lipinski definition) is 7. The highest BCUT2D eigenvalue weighted by molar-refractivity contribution is 5.88. The monoisotopic (exact) mass is 575 g/mol. The predicted molar refractivity (Wildman–Crippen MR) is 147 cm³/mol. The lowest BCUT2D eigenvalue weighted by atomic mass is 9.93. The van der Waals surface area contributed by atoms with Gasteiger partial charge in [0.2, 0.25) is 0 Å².